The summed E-state index contributed by atoms with van der Waals surface area (Å²) in [4.78, 5) is 27.4. The van der Waals surface area contributed by atoms with E-state index in [0.717, 1.165) is 6.07 Å². The lowest BCUT2D eigenvalue weighted by Gasteiger charge is -2.23. The van der Waals surface area contributed by atoms with Crippen LogP contribution in [0, 0.1) is 0 Å². The minimum atomic E-state index is -0.532. The van der Waals surface area contributed by atoms with Crippen molar-refractivity contribution >= 4 is 11.7 Å². The van der Waals surface area contributed by atoms with E-state index in [2.05, 4.69) is 0 Å². The van der Waals surface area contributed by atoms with Crippen molar-refractivity contribution in [2.75, 3.05) is 33.4 Å². The minimum absolute atomic E-state index is 0.0103. The molecule has 30 heavy (non-hydrogen) atoms. The van der Waals surface area contributed by atoms with Gasteiger partial charge in [-0.25, -0.2) is 0 Å². The molecule has 8 heteroatoms. The average molecular weight is 417 g/mol. The van der Waals surface area contributed by atoms with Crippen LogP contribution in [0.4, 0.5) is 0 Å². The lowest BCUT2D eigenvalue weighted by atomic mass is 9.89. The second-order valence-corrected chi connectivity index (χ2v) is 6.75. The summed E-state index contributed by atoms with van der Waals surface area (Å²) in [5.41, 5.74) is 0.771. The van der Waals surface area contributed by atoms with Gasteiger partial charge in [0, 0.05) is 31.8 Å². The Morgan fingerprint density at radius 1 is 1.00 bits per heavy atom. The molecule has 1 amide bonds. The van der Waals surface area contributed by atoms with Crippen molar-refractivity contribution in [1.82, 2.24) is 4.90 Å². The van der Waals surface area contributed by atoms with Gasteiger partial charge in [0.25, 0.3) is 0 Å². The Kier molecular flexibility index (Phi) is 8.20. The molecule has 0 aliphatic carbocycles. The zero-order chi connectivity index (χ0) is 22.3. The summed E-state index contributed by atoms with van der Waals surface area (Å²) >= 11 is 0. The molecule has 0 spiro atoms. The van der Waals surface area contributed by atoms with Crippen LogP contribution in [0.15, 0.2) is 30.3 Å². The number of rotatable bonds is 10. The van der Waals surface area contributed by atoms with E-state index < -0.39 is 11.5 Å². The number of hydrogen-bond donors (Lipinski definition) is 4. The Balaban J connectivity index is 2.52. The third-order valence-corrected chi connectivity index (χ3v) is 4.83. The van der Waals surface area contributed by atoms with E-state index in [1.54, 1.807) is 6.92 Å². The molecule has 0 radical (unpaired) electrons. The number of phenols is 3. The maximum atomic E-state index is 13.1. The van der Waals surface area contributed by atoms with E-state index in [1.165, 1.54) is 36.3 Å². The van der Waals surface area contributed by atoms with Gasteiger partial charge in [0.15, 0.2) is 5.78 Å². The van der Waals surface area contributed by atoms with E-state index in [1.807, 2.05) is 0 Å². The Labute approximate surface area is 175 Å². The molecular formula is C22H27NO7. The smallest absolute Gasteiger partial charge is 0.227 e. The number of aliphatic hydroxyl groups excluding tert-OH is 1. The second kappa shape index (κ2) is 10.6. The van der Waals surface area contributed by atoms with E-state index in [0.29, 0.717) is 12.0 Å². The van der Waals surface area contributed by atoms with Gasteiger partial charge in [-0.3, -0.25) is 9.59 Å². The predicted octanol–water partition coefficient (Wildman–Crippen LogP) is 1.61. The van der Waals surface area contributed by atoms with Crippen LogP contribution in [0.1, 0.15) is 34.0 Å². The van der Waals surface area contributed by atoms with Crippen molar-refractivity contribution in [3.8, 4) is 17.2 Å². The molecule has 2 rings (SSSR count). The number of benzene rings is 2. The fourth-order valence-electron chi connectivity index (χ4n) is 3.30. The molecule has 0 fully saturated rings. The largest absolute Gasteiger partial charge is 0.508 e. The van der Waals surface area contributed by atoms with Crippen LogP contribution in [0.2, 0.25) is 0 Å². The van der Waals surface area contributed by atoms with Gasteiger partial charge in [0.1, 0.15) is 17.2 Å². The van der Waals surface area contributed by atoms with Crippen molar-refractivity contribution in [2.24, 2.45) is 0 Å². The Bertz CT molecular complexity index is 893. The van der Waals surface area contributed by atoms with Gasteiger partial charge in [0.2, 0.25) is 5.91 Å². The molecule has 0 bridgehead atoms. The summed E-state index contributed by atoms with van der Waals surface area (Å²) in [5.74, 6) is -1.55. The van der Waals surface area contributed by atoms with Crippen molar-refractivity contribution in [3.05, 3.63) is 52.6 Å². The SMILES string of the molecule is CCc1c(O)cc(O)c(C(=O)c2ccc(O)cc2)c1CC(=O)N(CCO)CCOC. The van der Waals surface area contributed by atoms with E-state index in [-0.39, 0.29) is 66.8 Å². The molecule has 0 saturated carbocycles. The highest BCUT2D eigenvalue weighted by molar-refractivity contribution is 6.12. The van der Waals surface area contributed by atoms with Gasteiger partial charge < -0.3 is 30.1 Å². The first kappa shape index (κ1) is 23.2. The number of ketones is 1. The molecule has 4 N–H and O–H groups in total. The molecule has 0 saturated heterocycles. The number of hydrogen-bond acceptors (Lipinski definition) is 7. The fourth-order valence-corrected chi connectivity index (χ4v) is 3.30. The summed E-state index contributed by atoms with van der Waals surface area (Å²) in [7, 11) is 1.50. The van der Waals surface area contributed by atoms with E-state index in [9.17, 15) is 30.0 Å². The summed E-state index contributed by atoms with van der Waals surface area (Å²) < 4.78 is 5.00. The number of amides is 1. The van der Waals surface area contributed by atoms with Gasteiger partial charge in [-0.15, -0.1) is 0 Å². The van der Waals surface area contributed by atoms with Crippen LogP contribution in [0.5, 0.6) is 17.2 Å². The summed E-state index contributed by atoms with van der Waals surface area (Å²) in [6.07, 6.45) is 0.0939. The van der Waals surface area contributed by atoms with Crippen molar-refractivity contribution < 1.29 is 34.8 Å². The van der Waals surface area contributed by atoms with Gasteiger partial charge in [-0.1, -0.05) is 6.92 Å². The van der Waals surface area contributed by atoms with Gasteiger partial charge >= 0.3 is 0 Å². The first-order chi connectivity index (χ1) is 14.3. The lowest BCUT2D eigenvalue weighted by molar-refractivity contribution is -0.131. The van der Waals surface area contributed by atoms with Gasteiger partial charge in [-0.05, 0) is 41.8 Å². The molecular weight excluding hydrogens is 390 g/mol. The summed E-state index contributed by atoms with van der Waals surface area (Å²) in [6.45, 7) is 2.15. The third-order valence-electron chi connectivity index (χ3n) is 4.83. The number of carbonyl (C=O) groups is 2. The highest BCUT2D eigenvalue weighted by atomic mass is 16.5. The van der Waals surface area contributed by atoms with E-state index in [4.69, 9.17) is 4.74 Å². The molecule has 8 nitrogen and oxygen atoms in total. The van der Waals surface area contributed by atoms with Gasteiger partial charge in [0.05, 0.1) is 25.2 Å². The molecule has 0 aromatic heterocycles. The van der Waals surface area contributed by atoms with Gasteiger partial charge in [-0.2, -0.15) is 0 Å². The minimum Gasteiger partial charge on any atom is -0.508 e. The maximum absolute atomic E-state index is 13.1. The zero-order valence-electron chi connectivity index (χ0n) is 17.1. The van der Waals surface area contributed by atoms with Crippen LogP contribution in [-0.2, 0) is 22.4 Å². The van der Waals surface area contributed by atoms with Crippen LogP contribution < -0.4 is 0 Å². The molecule has 0 aliphatic rings. The summed E-state index contributed by atoms with van der Waals surface area (Å²) in [5, 5.41) is 39.5. The molecule has 0 unspecified atom stereocenters. The molecule has 162 valence electrons. The number of ether oxygens (including phenoxy) is 1. The van der Waals surface area contributed by atoms with E-state index >= 15 is 0 Å². The molecule has 0 heterocycles. The number of aliphatic hydroxyl groups is 1. The number of carbonyl (C=O) groups excluding carboxylic acids is 2. The molecule has 0 aliphatic heterocycles. The third kappa shape index (κ3) is 5.28. The highest BCUT2D eigenvalue weighted by Gasteiger charge is 2.26. The number of methoxy groups -OCH3 is 1. The fraction of sp³-hybridized carbons (Fsp3) is 0.364. The monoisotopic (exact) mass is 417 g/mol. The van der Waals surface area contributed by atoms with Crippen molar-refractivity contribution in [2.45, 2.75) is 19.8 Å². The van der Waals surface area contributed by atoms with Crippen LogP contribution >= 0.6 is 0 Å². The average Bonchev–Trinajstić information content (AvgIpc) is 2.71. The predicted molar refractivity (Wildman–Crippen MR) is 110 cm³/mol. The first-order valence-corrected chi connectivity index (χ1v) is 9.61. The number of nitrogens with zero attached hydrogens (tertiary/aromatic N) is 1. The first-order valence-electron chi connectivity index (χ1n) is 9.61. The van der Waals surface area contributed by atoms with Crippen LogP contribution in [-0.4, -0.2) is 70.4 Å². The highest BCUT2D eigenvalue weighted by Crippen LogP contribution is 2.35. The Hall–Kier alpha value is -3.10. The van der Waals surface area contributed by atoms with Crippen LogP contribution in [0.3, 0.4) is 0 Å². The molecule has 2 aromatic carbocycles. The molecule has 2 aromatic rings. The number of phenolic OH excluding ortho intramolecular Hbond substituents is 3. The van der Waals surface area contributed by atoms with Crippen LogP contribution in [0.25, 0.3) is 0 Å². The lowest BCUT2D eigenvalue weighted by Crippen LogP contribution is -2.37. The number of aromatic hydroxyl groups is 3. The Morgan fingerprint density at radius 2 is 1.67 bits per heavy atom. The topological polar surface area (TPSA) is 128 Å². The standard InChI is InChI=1S/C22H27NO7/c1-3-16-17(12-20(28)23(8-10-24)9-11-30-2)21(19(27)13-18(16)26)22(29)14-4-6-15(25)7-5-14/h4-7,13,24-27H,3,8-12H2,1-2H3. The second-order valence-electron chi connectivity index (χ2n) is 6.75. The quantitative estimate of drug-likeness (QED) is 0.433. The zero-order valence-corrected chi connectivity index (χ0v) is 17.1. The van der Waals surface area contributed by atoms with Crippen molar-refractivity contribution in [3.63, 3.8) is 0 Å². The molecule has 0 atom stereocenters. The van der Waals surface area contributed by atoms with Crippen molar-refractivity contribution in [1.29, 1.82) is 0 Å². The maximum Gasteiger partial charge on any atom is 0.227 e. The Morgan fingerprint density at radius 3 is 2.23 bits per heavy atom. The summed E-state index contributed by atoms with van der Waals surface area (Å²) in [6, 6.07) is 6.63. The normalized spacial score (nSPS) is 10.8.